The van der Waals surface area contributed by atoms with Crippen LogP contribution in [0.1, 0.15) is 51.1 Å². The molecular weight excluding hydrogens is 266 g/mol. The van der Waals surface area contributed by atoms with E-state index in [1.165, 1.54) is 32.1 Å². The number of rotatable bonds is 13. The van der Waals surface area contributed by atoms with Gasteiger partial charge in [0.2, 0.25) is 0 Å². The quantitative estimate of drug-likeness (QED) is 0.547. The fourth-order valence-electron chi connectivity index (χ4n) is 2.06. The number of hydrogen-bond acceptors (Lipinski definition) is 5. The predicted molar refractivity (Wildman–Crippen MR) is 83.9 cm³/mol. The van der Waals surface area contributed by atoms with Crippen LogP contribution >= 0.6 is 0 Å². The number of nitrogens with zero attached hydrogens (tertiary/aromatic N) is 2. The number of hydrogen-bond donors (Lipinski definition) is 2. The van der Waals surface area contributed by atoms with Crippen LogP contribution in [0.4, 0.5) is 0 Å². The van der Waals surface area contributed by atoms with Crippen molar-refractivity contribution in [3.8, 4) is 0 Å². The van der Waals surface area contributed by atoms with Crippen molar-refractivity contribution in [3.05, 3.63) is 24.0 Å². The standard InChI is InChI=1S/C16H29N3O2/c1-2-3-4-5-6-7-11-21-14-16(20)13-17-12-15-9-8-10-18-19-15/h8-10,16-17,20H,2-7,11-14H2,1H3. The van der Waals surface area contributed by atoms with Crippen molar-refractivity contribution in [2.24, 2.45) is 0 Å². The second-order valence-electron chi connectivity index (χ2n) is 5.34. The molecule has 0 radical (unpaired) electrons. The first kappa shape index (κ1) is 18.0. The van der Waals surface area contributed by atoms with Crippen LogP contribution in [0.2, 0.25) is 0 Å². The summed E-state index contributed by atoms with van der Waals surface area (Å²) >= 11 is 0. The molecule has 1 unspecified atom stereocenters. The van der Waals surface area contributed by atoms with Crippen molar-refractivity contribution in [3.63, 3.8) is 0 Å². The lowest BCUT2D eigenvalue weighted by atomic mass is 10.1. The van der Waals surface area contributed by atoms with E-state index in [2.05, 4.69) is 22.4 Å². The van der Waals surface area contributed by atoms with Gasteiger partial charge in [-0.3, -0.25) is 0 Å². The number of aliphatic hydroxyl groups is 1. The Bertz CT molecular complexity index is 336. The molecule has 0 aliphatic carbocycles. The van der Waals surface area contributed by atoms with Crippen molar-refractivity contribution in [2.45, 2.75) is 58.1 Å². The molecule has 5 nitrogen and oxygen atoms in total. The summed E-state index contributed by atoms with van der Waals surface area (Å²) in [6.07, 6.45) is 8.71. The molecule has 0 saturated carbocycles. The molecule has 0 fully saturated rings. The molecule has 2 N–H and O–H groups in total. The Labute approximate surface area is 128 Å². The Morgan fingerprint density at radius 2 is 2.05 bits per heavy atom. The third-order valence-electron chi connectivity index (χ3n) is 3.27. The molecule has 1 rings (SSSR count). The van der Waals surface area contributed by atoms with Gasteiger partial charge in [-0.25, -0.2) is 0 Å². The Hall–Kier alpha value is -1.04. The summed E-state index contributed by atoms with van der Waals surface area (Å²) in [6, 6.07) is 3.76. The molecule has 1 aromatic rings. The van der Waals surface area contributed by atoms with E-state index in [4.69, 9.17) is 4.74 Å². The zero-order valence-electron chi connectivity index (χ0n) is 13.1. The van der Waals surface area contributed by atoms with Gasteiger partial charge in [0.05, 0.1) is 18.4 Å². The fraction of sp³-hybridized carbons (Fsp3) is 0.750. The average molecular weight is 295 g/mol. The summed E-state index contributed by atoms with van der Waals surface area (Å²) in [5.74, 6) is 0. The fourth-order valence-corrected chi connectivity index (χ4v) is 2.06. The summed E-state index contributed by atoms with van der Waals surface area (Å²) in [5.41, 5.74) is 0.873. The highest BCUT2D eigenvalue weighted by atomic mass is 16.5. The lowest BCUT2D eigenvalue weighted by Gasteiger charge is -2.12. The number of nitrogens with one attached hydrogen (secondary N) is 1. The molecule has 0 aromatic carbocycles. The lowest BCUT2D eigenvalue weighted by molar-refractivity contribution is 0.0352. The van der Waals surface area contributed by atoms with Crippen molar-refractivity contribution >= 4 is 0 Å². The van der Waals surface area contributed by atoms with Crippen LogP contribution in [-0.2, 0) is 11.3 Å². The molecule has 0 aliphatic rings. The Morgan fingerprint density at radius 1 is 1.24 bits per heavy atom. The molecule has 21 heavy (non-hydrogen) atoms. The maximum atomic E-state index is 9.78. The normalized spacial score (nSPS) is 12.5. The van der Waals surface area contributed by atoms with Crippen molar-refractivity contribution < 1.29 is 9.84 Å². The lowest BCUT2D eigenvalue weighted by Crippen LogP contribution is -2.30. The van der Waals surface area contributed by atoms with Crippen LogP contribution in [0.15, 0.2) is 18.3 Å². The molecule has 0 saturated heterocycles. The summed E-state index contributed by atoms with van der Waals surface area (Å²) in [6.45, 7) is 4.48. The number of unbranched alkanes of at least 4 members (excludes halogenated alkanes) is 5. The van der Waals surface area contributed by atoms with E-state index < -0.39 is 6.10 Å². The highest BCUT2D eigenvalue weighted by Gasteiger charge is 2.04. The van der Waals surface area contributed by atoms with Crippen LogP contribution in [0, 0.1) is 0 Å². The van der Waals surface area contributed by atoms with Gasteiger partial charge >= 0.3 is 0 Å². The van der Waals surface area contributed by atoms with Gasteiger partial charge < -0.3 is 15.2 Å². The van der Waals surface area contributed by atoms with Crippen LogP contribution in [-0.4, -0.2) is 41.2 Å². The van der Waals surface area contributed by atoms with Gasteiger partial charge in [-0.05, 0) is 18.6 Å². The zero-order chi connectivity index (χ0) is 15.2. The third-order valence-corrected chi connectivity index (χ3v) is 3.27. The number of ether oxygens (including phenoxy) is 1. The smallest absolute Gasteiger partial charge is 0.0897 e. The van der Waals surface area contributed by atoms with E-state index in [1.807, 2.05) is 12.1 Å². The SMILES string of the molecule is CCCCCCCCOCC(O)CNCc1cccnn1. The molecule has 120 valence electrons. The largest absolute Gasteiger partial charge is 0.389 e. The molecule has 5 heteroatoms. The van der Waals surface area contributed by atoms with Crippen LogP contribution < -0.4 is 5.32 Å². The first-order valence-corrected chi connectivity index (χ1v) is 8.06. The minimum Gasteiger partial charge on any atom is -0.389 e. The van der Waals surface area contributed by atoms with Gasteiger partial charge in [-0.2, -0.15) is 10.2 Å². The second kappa shape index (κ2) is 12.7. The Balaban J connectivity index is 1.88. The van der Waals surface area contributed by atoms with E-state index in [0.29, 0.717) is 19.7 Å². The highest BCUT2D eigenvalue weighted by Crippen LogP contribution is 2.04. The number of aromatic nitrogens is 2. The van der Waals surface area contributed by atoms with Gasteiger partial charge in [0.15, 0.2) is 0 Å². The van der Waals surface area contributed by atoms with Gasteiger partial charge in [0.25, 0.3) is 0 Å². The maximum Gasteiger partial charge on any atom is 0.0897 e. The van der Waals surface area contributed by atoms with Crippen LogP contribution in [0.3, 0.4) is 0 Å². The van der Waals surface area contributed by atoms with Gasteiger partial charge in [0.1, 0.15) is 0 Å². The first-order chi connectivity index (χ1) is 10.3. The molecule has 0 bridgehead atoms. The maximum absolute atomic E-state index is 9.78. The van der Waals surface area contributed by atoms with E-state index in [0.717, 1.165) is 18.7 Å². The summed E-state index contributed by atoms with van der Waals surface area (Å²) in [4.78, 5) is 0. The third kappa shape index (κ3) is 10.3. The predicted octanol–water partition coefficient (Wildman–Crippen LogP) is 2.30. The molecule has 1 aromatic heterocycles. The summed E-state index contributed by atoms with van der Waals surface area (Å²) < 4.78 is 5.49. The molecule has 0 amide bonds. The zero-order valence-corrected chi connectivity index (χ0v) is 13.1. The van der Waals surface area contributed by atoms with Crippen LogP contribution in [0.25, 0.3) is 0 Å². The molecule has 0 spiro atoms. The minimum absolute atomic E-state index is 0.391. The number of aliphatic hydroxyl groups excluding tert-OH is 1. The average Bonchev–Trinajstić information content (AvgIpc) is 2.51. The van der Waals surface area contributed by atoms with E-state index in [-0.39, 0.29) is 0 Å². The molecule has 1 heterocycles. The highest BCUT2D eigenvalue weighted by molar-refractivity contribution is 4.98. The monoisotopic (exact) mass is 295 g/mol. The van der Waals surface area contributed by atoms with Crippen molar-refractivity contribution in [1.29, 1.82) is 0 Å². The first-order valence-electron chi connectivity index (χ1n) is 8.06. The topological polar surface area (TPSA) is 67.3 Å². The summed E-state index contributed by atoms with van der Waals surface area (Å²) in [5, 5.41) is 20.7. The molecular formula is C16H29N3O2. The van der Waals surface area contributed by atoms with Gasteiger partial charge in [-0.1, -0.05) is 39.0 Å². The molecule has 0 aliphatic heterocycles. The Kier molecular flexibility index (Phi) is 10.9. The minimum atomic E-state index is -0.471. The Morgan fingerprint density at radius 3 is 2.81 bits per heavy atom. The van der Waals surface area contributed by atoms with Crippen molar-refractivity contribution in [2.75, 3.05) is 19.8 Å². The summed E-state index contributed by atoms with van der Waals surface area (Å²) in [7, 11) is 0. The van der Waals surface area contributed by atoms with Gasteiger partial charge in [0, 0.05) is 25.9 Å². The van der Waals surface area contributed by atoms with Crippen LogP contribution in [0.5, 0.6) is 0 Å². The van der Waals surface area contributed by atoms with Crippen molar-refractivity contribution in [1.82, 2.24) is 15.5 Å². The van der Waals surface area contributed by atoms with Gasteiger partial charge in [-0.15, -0.1) is 0 Å². The van der Waals surface area contributed by atoms with E-state index in [9.17, 15) is 5.11 Å². The van der Waals surface area contributed by atoms with E-state index in [1.54, 1.807) is 6.20 Å². The van der Waals surface area contributed by atoms with E-state index >= 15 is 0 Å². The molecule has 1 atom stereocenters. The second-order valence-corrected chi connectivity index (χ2v) is 5.34.